The van der Waals surface area contributed by atoms with Crippen LogP contribution in [0.5, 0.6) is 0 Å². The molecule has 1 aromatic carbocycles. The van der Waals surface area contributed by atoms with Crippen molar-refractivity contribution in [3.05, 3.63) is 35.4 Å². The molecule has 0 aliphatic heterocycles. The Hall–Kier alpha value is -1.16. The summed E-state index contributed by atoms with van der Waals surface area (Å²) in [6, 6.07) is 7.18. The first-order valence-corrected chi connectivity index (χ1v) is 8.48. The Morgan fingerprint density at radius 2 is 1.74 bits per heavy atom. The van der Waals surface area contributed by atoms with E-state index in [0.717, 1.165) is 18.4 Å². The van der Waals surface area contributed by atoms with Crippen LogP contribution in [0.1, 0.15) is 49.5 Å². The molecule has 0 radical (unpaired) electrons. The number of hydrogen-bond acceptors (Lipinski definition) is 3. The second kappa shape index (κ2) is 6.85. The van der Waals surface area contributed by atoms with Crippen LogP contribution in [0.15, 0.2) is 24.3 Å². The summed E-state index contributed by atoms with van der Waals surface area (Å²) in [7, 11) is -3.34. The molecule has 0 saturated heterocycles. The van der Waals surface area contributed by atoms with Crippen LogP contribution in [-0.4, -0.2) is 25.2 Å². The zero-order valence-electron chi connectivity index (χ0n) is 11.8. The van der Waals surface area contributed by atoms with E-state index in [2.05, 4.69) is 0 Å². The van der Waals surface area contributed by atoms with Gasteiger partial charge in [-0.1, -0.05) is 44.5 Å². The number of ketones is 1. The number of sulfone groups is 1. The van der Waals surface area contributed by atoms with Crippen molar-refractivity contribution in [1.82, 2.24) is 0 Å². The van der Waals surface area contributed by atoms with Gasteiger partial charge >= 0.3 is 0 Å². The lowest BCUT2D eigenvalue weighted by Gasteiger charge is -2.12. The lowest BCUT2D eigenvalue weighted by molar-refractivity contribution is 0.0991. The third-order valence-corrected chi connectivity index (χ3v) is 5.49. The van der Waals surface area contributed by atoms with Crippen molar-refractivity contribution in [2.75, 3.05) is 5.75 Å². The van der Waals surface area contributed by atoms with Gasteiger partial charge in [0.05, 0.1) is 5.75 Å². The molecular formula is C15H22O3S. The van der Waals surface area contributed by atoms with E-state index in [1.165, 1.54) is 6.92 Å². The van der Waals surface area contributed by atoms with Crippen molar-refractivity contribution >= 4 is 15.6 Å². The van der Waals surface area contributed by atoms with E-state index in [4.69, 9.17) is 0 Å². The Morgan fingerprint density at radius 1 is 1.16 bits per heavy atom. The summed E-state index contributed by atoms with van der Waals surface area (Å²) in [6.07, 6.45) is 2.32. The molecule has 4 heteroatoms. The summed E-state index contributed by atoms with van der Waals surface area (Å²) in [5, 5.41) is -0.952. The maximum atomic E-state index is 12.2. The molecule has 0 spiro atoms. The lowest BCUT2D eigenvalue weighted by atomic mass is 10.1. The minimum Gasteiger partial charge on any atom is -0.293 e. The van der Waals surface area contributed by atoms with Crippen LogP contribution in [-0.2, 0) is 16.3 Å². The fourth-order valence-electron chi connectivity index (χ4n) is 1.82. The number of carbonyl (C=O) groups is 1. The van der Waals surface area contributed by atoms with E-state index >= 15 is 0 Å². The fraction of sp³-hybridized carbons (Fsp3) is 0.533. The number of benzene rings is 1. The Balaban J connectivity index is 2.86. The summed E-state index contributed by atoms with van der Waals surface area (Å²) < 4.78 is 24.0. The summed E-state index contributed by atoms with van der Waals surface area (Å²) in [5.41, 5.74) is 1.61. The van der Waals surface area contributed by atoms with E-state index in [1.54, 1.807) is 12.1 Å². The molecule has 0 bridgehead atoms. The highest BCUT2D eigenvalue weighted by Gasteiger charge is 2.27. The summed E-state index contributed by atoms with van der Waals surface area (Å²) in [6.45, 7) is 5.46. The minimum absolute atomic E-state index is 0.0868. The van der Waals surface area contributed by atoms with E-state index in [1.807, 2.05) is 26.0 Å². The van der Waals surface area contributed by atoms with Gasteiger partial charge in [-0.25, -0.2) is 8.42 Å². The number of rotatable bonds is 7. The van der Waals surface area contributed by atoms with Crippen LogP contribution >= 0.6 is 0 Å². The molecule has 1 unspecified atom stereocenters. The van der Waals surface area contributed by atoms with E-state index in [0.29, 0.717) is 12.0 Å². The summed E-state index contributed by atoms with van der Waals surface area (Å²) in [5.74, 6) is -0.220. The highest BCUT2D eigenvalue weighted by molar-refractivity contribution is 7.92. The molecule has 106 valence electrons. The Bertz CT molecular complexity index is 515. The number of unbranched alkanes of at least 4 members (excludes halogenated alkanes) is 1. The molecule has 0 saturated carbocycles. The standard InChI is InChI=1S/C15H22O3S/c1-4-6-11-19(17,18)12(3)15(16)14-9-7-13(5-2)8-10-14/h7-10,12H,4-6,11H2,1-3H3. The molecule has 1 aromatic rings. The Morgan fingerprint density at radius 3 is 2.21 bits per heavy atom. The van der Waals surface area contributed by atoms with E-state index in [9.17, 15) is 13.2 Å². The smallest absolute Gasteiger partial charge is 0.180 e. The summed E-state index contributed by atoms with van der Waals surface area (Å²) in [4.78, 5) is 12.2. The second-order valence-corrected chi connectivity index (χ2v) is 7.22. The van der Waals surface area contributed by atoms with Crippen molar-refractivity contribution < 1.29 is 13.2 Å². The van der Waals surface area contributed by atoms with Crippen LogP contribution in [0.3, 0.4) is 0 Å². The molecule has 0 amide bonds. The first-order chi connectivity index (χ1) is 8.92. The largest absolute Gasteiger partial charge is 0.293 e. The zero-order valence-corrected chi connectivity index (χ0v) is 12.7. The molecule has 1 atom stereocenters. The van der Waals surface area contributed by atoms with Gasteiger partial charge in [0, 0.05) is 5.56 Å². The van der Waals surface area contributed by atoms with Gasteiger partial charge in [0.1, 0.15) is 5.25 Å². The maximum absolute atomic E-state index is 12.2. The first-order valence-electron chi connectivity index (χ1n) is 6.77. The molecule has 19 heavy (non-hydrogen) atoms. The number of aryl methyl sites for hydroxylation is 1. The molecule has 0 aliphatic rings. The highest BCUT2D eigenvalue weighted by Crippen LogP contribution is 2.14. The van der Waals surface area contributed by atoms with Gasteiger partial charge in [-0.3, -0.25) is 4.79 Å². The third-order valence-electron chi connectivity index (χ3n) is 3.34. The van der Waals surface area contributed by atoms with Crippen molar-refractivity contribution in [3.8, 4) is 0 Å². The third kappa shape index (κ3) is 4.16. The van der Waals surface area contributed by atoms with Gasteiger partial charge in [0.25, 0.3) is 0 Å². The topological polar surface area (TPSA) is 51.2 Å². The molecule has 3 nitrogen and oxygen atoms in total. The van der Waals surface area contributed by atoms with E-state index < -0.39 is 15.1 Å². The van der Waals surface area contributed by atoms with Crippen LogP contribution < -0.4 is 0 Å². The van der Waals surface area contributed by atoms with Crippen molar-refractivity contribution in [1.29, 1.82) is 0 Å². The van der Waals surface area contributed by atoms with Gasteiger partial charge in [-0.15, -0.1) is 0 Å². The van der Waals surface area contributed by atoms with Crippen LogP contribution in [0.25, 0.3) is 0 Å². The Kier molecular flexibility index (Phi) is 5.73. The Labute approximate surface area is 116 Å². The normalized spacial score (nSPS) is 13.2. The van der Waals surface area contributed by atoms with Crippen molar-refractivity contribution in [2.24, 2.45) is 0 Å². The number of Topliss-reactive ketones (excluding diaryl/α,β-unsaturated/α-hetero) is 1. The second-order valence-electron chi connectivity index (χ2n) is 4.78. The molecule has 0 N–H and O–H groups in total. The lowest BCUT2D eigenvalue weighted by Crippen LogP contribution is -2.29. The van der Waals surface area contributed by atoms with Gasteiger partial charge in [0.15, 0.2) is 15.6 Å². The SMILES string of the molecule is CCCCS(=O)(=O)C(C)C(=O)c1ccc(CC)cc1. The first kappa shape index (κ1) is 15.9. The van der Waals surface area contributed by atoms with Gasteiger partial charge < -0.3 is 0 Å². The molecule has 1 rings (SSSR count). The average Bonchev–Trinajstić information content (AvgIpc) is 2.43. The zero-order chi connectivity index (χ0) is 14.5. The van der Waals surface area contributed by atoms with Gasteiger partial charge in [0.2, 0.25) is 0 Å². The molecule has 0 aromatic heterocycles. The minimum atomic E-state index is -3.34. The quantitative estimate of drug-likeness (QED) is 0.722. The maximum Gasteiger partial charge on any atom is 0.180 e. The predicted octanol–water partition coefficient (Wildman–Crippen LogP) is 3.04. The van der Waals surface area contributed by atoms with Crippen molar-refractivity contribution in [2.45, 2.75) is 45.3 Å². The van der Waals surface area contributed by atoms with Crippen LogP contribution in [0.2, 0.25) is 0 Å². The predicted molar refractivity (Wildman–Crippen MR) is 78.3 cm³/mol. The highest BCUT2D eigenvalue weighted by atomic mass is 32.2. The van der Waals surface area contributed by atoms with Crippen LogP contribution in [0, 0.1) is 0 Å². The van der Waals surface area contributed by atoms with Gasteiger partial charge in [-0.05, 0) is 25.3 Å². The van der Waals surface area contributed by atoms with Crippen molar-refractivity contribution in [3.63, 3.8) is 0 Å². The van der Waals surface area contributed by atoms with Gasteiger partial charge in [-0.2, -0.15) is 0 Å². The summed E-state index contributed by atoms with van der Waals surface area (Å²) >= 11 is 0. The van der Waals surface area contributed by atoms with Crippen LogP contribution in [0.4, 0.5) is 0 Å². The molecular weight excluding hydrogens is 260 g/mol. The fourth-order valence-corrected chi connectivity index (χ4v) is 3.33. The number of carbonyl (C=O) groups excluding carboxylic acids is 1. The van der Waals surface area contributed by atoms with E-state index in [-0.39, 0.29) is 11.5 Å². The average molecular weight is 282 g/mol. The molecule has 0 heterocycles. The molecule has 0 aliphatic carbocycles. The molecule has 0 fully saturated rings. The monoisotopic (exact) mass is 282 g/mol. The number of hydrogen-bond donors (Lipinski definition) is 0.